The molecule has 0 aliphatic carbocycles. The molecule has 0 atom stereocenters. The summed E-state index contributed by atoms with van der Waals surface area (Å²) >= 11 is 0. The van der Waals surface area contributed by atoms with Gasteiger partial charge in [0.1, 0.15) is 0 Å². The Labute approximate surface area is 121 Å². The van der Waals surface area contributed by atoms with Crippen LogP contribution in [0.15, 0.2) is 12.0 Å². The Morgan fingerprint density at radius 2 is 1.70 bits per heavy atom. The van der Waals surface area contributed by atoms with Gasteiger partial charge in [-0.05, 0) is 59.2 Å². The minimum Gasteiger partial charge on any atom is -0.400 e. The fraction of sp³-hybridized carbons (Fsp3) is 0.533. The lowest BCUT2D eigenvalue weighted by molar-refractivity contribution is 0.00578. The average molecular weight is 274 g/mol. The molecule has 0 amide bonds. The monoisotopic (exact) mass is 274 g/mol. The van der Waals surface area contributed by atoms with Crippen molar-refractivity contribution in [3.8, 4) is 0 Å². The van der Waals surface area contributed by atoms with E-state index < -0.39 is 0 Å². The molecule has 0 bridgehead atoms. The lowest BCUT2D eigenvalue weighted by atomic mass is 9.89. The maximum Gasteiger partial charge on any atom is 0.487 e. The highest BCUT2D eigenvalue weighted by molar-refractivity contribution is 6.52. The highest BCUT2D eigenvalue weighted by Gasteiger charge is 2.49. The van der Waals surface area contributed by atoms with Crippen LogP contribution in [0, 0.1) is 13.8 Å². The normalized spacial score (nSPS) is 20.8. The summed E-state index contributed by atoms with van der Waals surface area (Å²) in [7, 11) is -0.347. The summed E-state index contributed by atoms with van der Waals surface area (Å²) in [6, 6.07) is 1.96. The second-order valence-electron chi connectivity index (χ2n) is 6.35. The molecule has 1 aromatic heterocycles. The zero-order valence-corrected chi connectivity index (χ0v) is 13.2. The fourth-order valence-corrected chi connectivity index (χ4v) is 2.10. The van der Waals surface area contributed by atoms with Crippen LogP contribution in [0.2, 0.25) is 0 Å². The molecule has 0 saturated carbocycles. The second-order valence-corrected chi connectivity index (χ2v) is 6.35. The number of aromatic nitrogens is 1. The minimum atomic E-state index is -0.347. The Bertz CT molecular complexity index is 514. The predicted molar refractivity (Wildman–Crippen MR) is 83.2 cm³/mol. The van der Waals surface area contributed by atoms with E-state index in [0.717, 1.165) is 22.6 Å². The van der Waals surface area contributed by atoms with Gasteiger partial charge in [0.05, 0.1) is 28.3 Å². The first kappa shape index (κ1) is 15.1. The van der Waals surface area contributed by atoms with Crippen LogP contribution in [0.5, 0.6) is 0 Å². The van der Waals surface area contributed by atoms with Crippen molar-refractivity contribution in [1.82, 2.24) is 4.98 Å². The third-order valence-corrected chi connectivity index (χ3v) is 4.17. The Balaban J connectivity index is 2.16. The number of rotatable bonds is 2. The zero-order valence-electron chi connectivity index (χ0n) is 13.2. The zero-order chi connectivity index (χ0) is 15.1. The predicted octanol–water partition coefficient (Wildman–Crippen LogP) is 2.93. The molecule has 0 spiro atoms. The summed E-state index contributed by atoms with van der Waals surface area (Å²) in [4.78, 5) is 4.44. The quantitative estimate of drug-likeness (QED) is 0.842. The molecule has 1 saturated heterocycles. The standard InChI is InChI=1S/C15H23BN2O2/c1-10-9-12(18-11(2)13(10)17)7-8-16-19-14(3,4)15(5,6)20-16/h7-9H,17H2,1-6H3/b8-7+. The number of nitrogens with two attached hydrogens (primary N) is 1. The summed E-state index contributed by atoms with van der Waals surface area (Å²) < 4.78 is 11.8. The number of pyridine rings is 1. The lowest BCUT2D eigenvalue weighted by Gasteiger charge is -2.32. The third kappa shape index (κ3) is 2.74. The summed E-state index contributed by atoms with van der Waals surface area (Å²) in [6.45, 7) is 12.0. The molecule has 1 aliphatic rings. The van der Waals surface area contributed by atoms with Crippen LogP contribution in [-0.4, -0.2) is 23.3 Å². The van der Waals surface area contributed by atoms with Crippen LogP contribution in [0.25, 0.3) is 6.08 Å². The highest BCUT2D eigenvalue weighted by Crippen LogP contribution is 2.37. The molecule has 2 rings (SSSR count). The molecule has 20 heavy (non-hydrogen) atoms. The molecule has 0 aromatic carbocycles. The largest absolute Gasteiger partial charge is 0.487 e. The number of nitrogen functional groups attached to an aromatic ring is 1. The van der Waals surface area contributed by atoms with Crippen LogP contribution >= 0.6 is 0 Å². The number of nitrogens with zero attached hydrogens (tertiary/aromatic N) is 1. The smallest absolute Gasteiger partial charge is 0.400 e. The van der Waals surface area contributed by atoms with Gasteiger partial charge in [-0.3, -0.25) is 4.98 Å². The molecule has 5 heteroatoms. The van der Waals surface area contributed by atoms with E-state index >= 15 is 0 Å². The van der Waals surface area contributed by atoms with Crippen molar-refractivity contribution in [2.24, 2.45) is 0 Å². The summed E-state index contributed by atoms with van der Waals surface area (Å²) in [5, 5.41) is 0. The van der Waals surface area contributed by atoms with E-state index in [1.54, 1.807) is 0 Å². The molecule has 1 aromatic rings. The highest BCUT2D eigenvalue weighted by atomic mass is 16.7. The van der Waals surface area contributed by atoms with Crippen molar-refractivity contribution >= 4 is 18.9 Å². The number of anilines is 1. The topological polar surface area (TPSA) is 57.4 Å². The molecule has 1 aliphatic heterocycles. The van der Waals surface area contributed by atoms with Gasteiger partial charge >= 0.3 is 7.12 Å². The first-order chi connectivity index (χ1) is 9.12. The van der Waals surface area contributed by atoms with Gasteiger partial charge in [-0.15, -0.1) is 0 Å². The molecular weight excluding hydrogens is 251 g/mol. The summed E-state index contributed by atoms with van der Waals surface area (Å²) in [5.74, 6) is 1.90. The third-order valence-electron chi connectivity index (χ3n) is 4.17. The van der Waals surface area contributed by atoms with E-state index in [4.69, 9.17) is 15.0 Å². The molecular formula is C15H23BN2O2. The van der Waals surface area contributed by atoms with Gasteiger partial charge in [0, 0.05) is 0 Å². The number of hydrogen-bond donors (Lipinski definition) is 1. The summed E-state index contributed by atoms with van der Waals surface area (Å²) in [6.07, 6.45) is 1.92. The van der Waals surface area contributed by atoms with Crippen molar-refractivity contribution in [2.75, 3.05) is 5.73 Å². The molecule has 2 N–H and O–H groups in total. The van der Waals surface area contributed by atoms with Crippen LogP contribution < -0.4 is 5.73 Å². The van der Waals surface area contributed by atoms with E-state index in [1.807, 2.05) is 59.7 Å². The van der Waals surface area contributed by atoms with Crippen molar-refractivity contribution < 1.29 is 9.31 Å². The lowest BCUT2D eigenvalue weighted by Crippen LogP contribution is -2.41. The molecule has 4 nitrogen and oxygen atoms in total. The fourth-order valence-electron chi connectivity index (χ4n) is 2.10. The van der Waals surface area contributed by atoms with Crippen LogP contribution in [0.1, 0.15) is 44.6 Å². The number of hydrogen-bond acceptors (Lipinski definition) is 4. The van der Waals surface area contributed by atoms with Crippen LogP contribution in [-0.2, 0) is 9.31 Å². The first-order valence-electron chi connectivity index (χ1n) is 6.90. The van der Waals surface area contributed by atoms with Crippen molar-refractivity contribution in [2.45, 2.75) is 52.7 Å². The van der Waals surface area contributed by atoms with Crippen molar-refractivity contribution in [3.05, 3.63) is 29.0 Å². The van der Waals surface area contributed by atoms with Crippen LogP contribution in [0.4, 0.5) is 5.69 Å². The molecule has 0 unspecified atom stereocenters. The maximum atomic E-state index is 5.91. The van der Waals surface area contributed by atoms with Gasteiger partial charge in [0.2, 0.25) is 0 Å². The first-order valence-corrected chi connectivity index (χ1v) is 6.90. The molecule has 2 heterocycles. The Morgan fingerprint density at radius 3 is 2.20 bits per heavy atom. The molecule has 0 radical (unpaired) electrons. The van der Waals surface area contributed by atoms with Crippen molar-refractivity contribution in [1.29, 1.82) is 0 Å². The summed E-state index contributed by atoms with van der Waals surface area (Å²) in [5.41, 5.74) is 8.76. The van der Waals surface area contributed by atoms with Crippen molar-refractivity contribution in [3.63, 3.8) is 0 Å². The van der Waals surface area contributed by atoms with Crippen LogP contribution in [0.3, 0.4) is 0 Å². The minimum absolute atomic E-state index is 0.317. The van der Waals surface area contributed by atoms with Gasteiger partial charge in [0.15, 0.2) is 0 Å². The van der Waals surface area contributed by atoms with E-state index in [-0.39, 0.29) is 18.3 Å². The van der Waals surface area contributed by atoms with E-state index in [0.29, 0.717) is 0 Å². The van der Waals surface area contributed by atoms with E-state index in [2.05, 4.69) is 4.98 Å². The van der Waals surface area contributed by atoms with Gasteiger partial charge in [-0.2, -0.15) is 0 Å². The Kier molecular flexibility index (Phi) is 3.69. The van der Waals surface area contributed by atoms with E-state index in [9.17, 15) is 0 Å². The van der Waals surface area contributed by atoms with E-state index in [1.165, 1.54) is 0 Å². The van der Waals surface area contributed by atoms with Gasteiger partial charge in [0.25, 0.3) is 0 Å². The molecule has 1 fully saturated rings. The van der Waals surface area contributed by atoms with Gasteiger partial charge in [-0.25, -0.2) is 0 Å². The second kappa shape index (κ2) is 4.90. The Morgan fingerprint density at radius 1 is 1.15 bits per heavy atom. The van der Waals surface area contributed by atoms with Gasteiger partial charge in [-0.1, -0.05) is 5.98 Å². The number of aryl methyl sites for hydroxylation is 2. The SMILES string of the molecule is Cc1cc(/C=C/B2OC(C)(C)C(C)(C)O2)nc(C)c1N. The average Bonchev–Trinajstić information content (AvgIpc) is 2.52. The molecule has 108 valence electrons. The van der Waals surface area contributed by atoms with Gasteiger partial charge < -0.3 is 15.0 Å². The Hall–Kier alpha value is -1.33. The maximum absolute atomic E-state index is 5.91.